The van der Waals surface area contributed by atoms with E-state index in [9.17, 15) is 0 Å². The van der Waals surface area contributed by atoms with Crippen molar-refractivity contribution in [2.75, 3.05) is 32.8 Å². The van der Waals surface area contributed by atoms with E-state index in [1.165, 1.54) is 32.4 Å². The van der Waals surface area contributed by atoms with Crippen LogP contribution in [0.2, 0.25) is 0 Å². The molecule has 0 bridgehead atoms. The lowest BCUT2D eigenvalue weighted by Crippen LogP contribution is -2.33. The molecule has 3 heteroatoms. The van der Waals surface area contributed by atoms with E-state index in [1.807, 2.05) is 24.3 Å². The van der Waals surface area contributed by atoms with Gasteiger partial charge >= 0.3 is 0 Å². The van der Waals surface area contributed by atoms with Crippen LogP contribution in [-0.4, -0.2) is 42.9 Å². The molecule has 0 saturated carbocycles. The van der Waals surface area contributed by atoms with Gasteiger partial charge in [0.15, 0.2) is 0 Å². The Hall–Kier alpha value is -1.50. The van der Waals surface area contributed by atoms with Crippen molar-refractivity contribution < 1.29 is 9.84 Å². The monoisotopic (exact) mass is 273 g/mol. The summed E-state index contributed by atoms with van der Waals surface area (Å²) >= 11 is 0. The number of ether oxygens (including phenoxy) is 1. The van der Waals surface area contributed by atoms with Gasteiger partial charge in [0.05, 0.1) is 12.2 Å². The third-order valence-electron chi connectivity index (χ3n) is 3.46. The fourth-order valence-electron chi connectivity index (χ4n) is 2.38. The van der Waals surface area contributed by atoms with Crippen LogP contribution in [0.25, 0.3) is 0 Å². The molecule has 20 heavy (non-hydrogen) atoms. The zero-order chi connectivity index (χ0) is 14.0. The van der Waals surface area contributed by atoms with E-state index < -0.39 is 0 Å². The minimum absolute atomic E-state index is 0.102. The highest BCUT2D eigenvalue weighted by molar-refractivity contribution is 5.45. The highest BCUT2D eigenvalue weighted by atomic mass is 16.5. The average molecular weight is 273 g/mol. The largest absolute Gasteiger partial charge is 0.491 e. The maximum Gasteiger partial charge on any atom is 0.134 e. The smallest absolute Gasteiger partial charge is 0.134 e. The van der Waals surface area contributed by atoms with Crippen LogP contribution in [0.4, 0.5) is 0 Å². The number of likely N-dealkylation sites (tertiary alicyclic amines) is 1. The SMILES string of the molecule is OCCC#Cc1ccccc1OCCN1CCCCC1. The van der Waals surface area contributed by atoms with Crippen molar-refractivity contribution in [3.63, 3.8) is 0 Å². The first-order valence-corrected chi connectivity index (χ1v) is 7.44. The minimum atomic E-state index is 0.102. The topological polar surface area (TPSA) is 32.7 Å². The maximum atomic E-state index is 8.76. The Morgan fingerprint density at radius 3 is 2.75 bits per heavy atom. The van der Waals surface area contributed by atoms with Crippen LogP contribution in [0.15, 0.2) is 24.3 Å². The van der Waals surface area contributed by atoms with Crippen molar-refractivity contribution in [2.45, 2.75) is 25.7 Å². The van der Waals surface area contributed by atoms with E-state index in [0.717, 1.165) is 17.9 Å². The molecule has 1 aliphatic heterocycles. The fraction of sp³-hybridized carbons (Fsp3) is 0.529. The summed E-state index contributed by atoms with van der Waals surface area (Å²) in [7, 11) is 0. The molecule has 108 valence electrons. The lowest BCUT2D eigenvalue weighted by molar-refractivity contribution is 0.183. The molecule has 1 aromatic carbocycles. The third kappa shape index (κ3) is 4.88. The maximum absolute atomic E-state index is 8.76. The van der Waals surface area contributed by atoms with Crippen LogP contribution in [-0.2, 0) is 0 Å². The summed E-state index contributed by atoms with van der Waals surface area (Å²) in [5.41, 5.74) is 0.902. The standard InChI is InChI=1S/C17H23NO2/c19-14-7-4-9-16-8-2-3-10-17(16)20-15-13-18-11-5-1-6-12-18/h2-3,8,10,19H,1,5-7,11-15H2. The molecule has 0 aromatic heterocycles. The fourth-order valence-corrected chi connectivity index (χ4v) is 2.38. The third-order valence-corrected chi connectivity index (χ3v) is 3.46. The molecule has 0 radical (unpaired) electrons. The molecular weight excluding hydrogens is 250 g/mol. The Morgan fingerprint density at radius 2 is 1.95 bits per heavy atom. The number of para-hydroxylation sites is 1. The number of hydrogen-bond acceptors (Lipinski definition) is 3. The summed E-state index contributed by atoms with van der Waals surface area (Å²) in [5, 5.41) is 8.76. The van der Waals surface area contributed by atoms with Crippen molar-refractivity contribution in [3.8, 4) is 17.6 Å². The molecule has 0 unspecified atom stereocenters. The van der Waals surface area contributed by atoms with E-state index in [0.29, 0.717) is 13.0 Å². The molecule has 0 spiro atoms. The predicted molar refractivity (Wildman–Crippen MR) is 80.8 cm³/mol. The molecule has 0 atom stereocenters. The zero-order valence-corrected chi connectivity index (χ0v) is 12.0. The Balaban J connectivity index is 1.84. The molecule has 1 fully saturated rings. The van der Waals surface area contributed by atoms with Crippen LogP contribution in [0.5, 0.6) is 5.75 Å². The van der Waals surface area contributed by atoms with Gasteiger partial charge in [-0.1, -0.05) is 30.4 Å². The van der Waals surface area contributed by atoms with Gasteiger partial charge in [-0.3, -0.25) is 4.90 Å². The van der Waals surface area contributed by atoms with Crippen LogP contribution >= 0.6 is 0 Å². The lowest BCUT2D eigenvalue weighted by atomic mass is 10.1. The van der Waals surface area contributed by atoms with E-state index in [1.54, 1.807) is 0 Å². The number of aliphatic hydroxyl groups excluding tert-OH is 1. The molecule has 0 amide bonds. The molecule has 1 aliphatic rings. The number of piperidine rings is 1. The highest BCUT2D eigenvalue weighted by Crippen LogP contribution is 2.17. The van der Waals surface area contributed by atoms with Gasteiger partial charge in [0.25, 0.3) is 0 Å². The summed E-state index contributed by atoms with van der Waals surface area (Å²) in [6, 6.07) is 7.84. The summed E-state index contributed by atoms with van der Waals surface area (Å²) in [6.07, 6.45) is 4.48. The number of benzene rings is 1. The van der Waals surface area contributed by atoms with Crippen molar-refractivity contribution in [1.29, 1.82) is 0 Å². The van der Waals surface area contributed by atoms with E-state index in [-0.39, 0.29) is 6.61 Å². The lowest BCUT2D eigenvalue weighted by Gasteiger charge is -2.26. The van der Waals surface area contributed by atoms with Crippen LogP contribution in [0.3, 0.4) is 0 Å². The second-order valence-corrected chi connectivity index (χ2v) is 5.02. The molecule has 2 rings (SSSR count). The van der Waals surface area contributed by atoms with E-state index in [2.05, 4.69) is 16.7 Å². The first-order chi connectivity index (χ1) is 9.90. The van der Waals surface area contributed by atoms with Gasteiger partial charge < -0.3 is 9.84 Å². The number of nitrogens with zero attached hydrogens (tertiary/aromatic N) is 1. The average Bonchev–Trinajstić information content (AvgIpc) is 2.50. The molecule has 1 saturated heterocycles. The minimum Gasteiger partial charge on any atom is -0.491 e. The summed E-state index contributed by atoms with van der Waals surface area (Å²) in [6.45, 7) is 4.19. The molecule has 3 nitrogen and oxygen atoms in total. The van der Waals surface area contributed by atoms with Crippen molar-refractivity contribution in [1.82, 2.24) is 4.90 Å². The van der Waals surface area contributed by atoms with Crippen molar-refractivity contribution in [2.24, 2.45) is 0 Å². The zero-order valence-electron chi connectivity index (χ0n) is 12.0. The number of hydrogen-bond donors (Lipinski definition) is 1. The van der Waals surface area contributed by atoms with Gasteiger partial charge in [0.1, 0.15) is 12.4 Å². The second-order valence-electron chi connectivity index (χ2n) is 5.02. The quantitative estimate of drug-likeness (QED) is 0.836. The predicted octanol–water partition coefficient (Wildman–Crippen LogP) is 2.29. The van der Waals surface area contributed by atoms with Crippen LogP contribution < -0.4 is 4.74 Å². The Labute approximate surface area is 121 Å². The Morgan fingerprint density at radius 1 is 1.15 bits per heavy atom. The van der Waals surface area contributed by atoms with E-state index in [4.69, 9.17) is 9.84 Å². The van der Waals surface area contributed by atoms with Crippen molar-refractivity contribution >= 4 is 0 Å². The molecular formula is C17H23NO2. The van der Waals surface area contributed by atoms with Crippen LogP contribution in [0.1, 0.15) is 31.2 Å². The van der Waals surface area contributed by atoms with Gasteiger partial charge in [-0.05, 0) is 38.1 Å². The number of aliphatic hydroxyl groups is 1. The van der Waals surface area contributed by atoms with Gasteiger partial charge in [0.2, 0.25) is 0 Å². The normalized spacial score (nSPS) is 15.4. The molecule has 1 heterocycles. The second kappa shape index (κ2) is 8.63. The Kier molecular flexibility index (Phi) is 6.43. The van der Waals surface area contributed by atoms with Crippen LogP contribution in [0, 0.1) is 11.8 Å². The van der Waals surface area contributed by atoms with Gasteiger partial charge in [-0.15, -0.1) is 0 Å². The number of rotatable bonds is 5. The Bertz CT molecular complexity index is 456. The summed E-state index contributed by atoms with van der Waals surface area (Å²) in [5.74, 6) is 6.84. The van der Waals surface area contributed by atoms with Crippen molar-refractivity contribution in [3.05, 3.63) is 29.8 Å². The van der Waals surface area contributed by atoms with E-state index >= 15 is 0 Å². The first kappa shape index (κ1) is 14.9. The summed E-state index contributed by atoms with van der Waals surface area (Å²) in [4.78, 5) is 2.46. The first-order valence-electron chi connectivity index (χ1n) is 7.44. The van der Waals surface area contributed by atoms with Gasteiger partial charge in [0, 0.05) is 13.0 Å². The summed E-state index contributed by atoms with van der Waals surface area (Å²) < 4.78 is 5.86. The molecule has 1 aromatic rings. The highest BCUT2D eigenvalue weighted by Gasteiger charge is 2.09. The van der Waals surface area contributed by atoms with Gasteiger partial charge in [-0.25, -0.2) is 0 Å². The van der Waals surface area contributed by atoms with Gasteiger partial charge in [-0.2, -0.15) is 0 Å². The molecule has 0 aliphatic carbocycles. The molecule has 1 N–H and O–H groups in total.